The summed E-state index contributed by atoms with van der Waals surface area (Å²) in [7, 11) is 0. The zero-order valence-corrected chi connectivity index (χ0v) is 9.70. The van der Waals surface area contributed by atoms with E-state index in [0.717, 1.165) is 12.8 Å². The Morgan fingerprint density at radius 2 is 2.20 bits per heavy atom. The van der Waals surface area contributed by atoms with E-state index >= 15 is 0 Å². The van der Waals surface area contributed by atoms with Crippen LogP contribution in [0.2, 0.25) is 0 Å². The minimum absolute atomic E-state index is 0.0827. The van der Waals surface area contributed by atoms with E-state index in [1.54, 1.807) is 0 Å². The first-order valence-corrected chi connectivity index (χ1v) is 5.46. The summed E-state index contributed by atoms with van der Waals surface area (Å²) in [5.41, 5.74) is 8.55. The lowest BCUT2D eigenvalue weighted by Crippen LogP contribution is -2.23. The van der Waals surface area contributed by atoms with E-state index in [0.29, 0.717) is 6.04 Å². The lowest BCUT2D eigenvalue weighted by atomic mass is 10.1. The molecule has 0 spiro atoms. The van der Waals surface area contributed by atoms with Crippen LogP contribution in [0.5, 0.6) is 0 Å². The van der Waals surface area contributed by atoms with Crippen molar-refractivity contribution in [2.24, 2.45) is 5.73 Å². The molecule has 0 amide bonds. The van der Waals surface area contributed by atoms with Crippen LogP contribution in [0.1, 0.15) is 39.3 Å². The number of imidazole rings is 1. The average molecular weight is 205 g/mol. The Morgan fingerprint density at radius 3 is 2.73 bits per heavy atom. The van der Waals surface area contributed by atoms with Gasteiger partial charge < -0.3 is 10.3 Å². The molecule has 2 N–H and O–H groups in total. The molecule has 0 fully saturated rings. The highest BCUT2D eigenvalue weighted by atomic mass is 15.1. The summed E-state index contributed by atoms with van der Waals surface area (Å²) in [6.45, 7) is 6.56. The lowest BCUT2D eigenvalue weighted by Gasteiger charge is -2.24. The largest absolute Gasteiger partial charge is 0.327 e. The van der Waals surface area contributed by atoms with Crippen LogP contribution in [0.3, 0.4) is 0 Å². The van der Waals surface area contributed by atoms with E-state index < -0.39 is 0 Å². The Bertz CT molecular complexity index is 382. The SMILES string of the molecule is CC(C)(C)n1cncc1C1=CCC(N)C1. The molecule has 1 aliphatic carbocycles. The second kappa shape index (κ2) is 3.49. The third-order valence-corrected chi connectivity index (χ3v) is 2.84. The van der Waals surface area contributed by atoms with Gasteiger partial charge in [0.25, 0.3) is 0 Å². The normalized spacial score (nSPS) is 21.9. The van der Waals surface area contributed by atoms with Crippen molar-refractivity contribution in [3.63, 3.8) is 0 Å². The highest BCUT2D eigenvalue weighted by Crippen LogP contribution is 2.29. The molecule has 1 atom stereocenters. The molecule has 3 heteroatoms. The summed E-state index contributed by atoms with van der Waals surface area (Å²) >= 11 is 0. The summed E-state index contributed by atoms with van der Waals surface area (Å²) in [5, 5.41) is 0. The van der Waals surface area contributed by atoms with E-state index in [-0.39, 0.29) is 5.54 Å². The number of hydrogen-bond acceptors (Lipinski definition) is 2. The smallest absolute Gasteiger partial charge is 0.0955 e. The summed E-state index contributed by atoms with van der Waals surface area (Å²) in [6.07, 6.45) is 8.05. The molecule has 0 saturated heterocycles. The molecular weight excluding hydrogens is 186 g/mol. The zero-order valence-electron chi connectivity index (χ0n) is 9.70. The van der Waals surface area contributed by atoms with Crippen molar-refractivity contribution in [2.45, 2.75) is 45.2 Å². The fourth-order valence-corrected chi connectivity index (χ4v) is 2.02. The van der Waals surface area contributed by atoms with Crippen molar-refractivity contribution < 1.29 is 0 Å². The van der Waals surface area contributed by atoms with Crippen LogP contribution in [0.25, 0.3) is 5.57 Å². The van der Waals surface area contributed by atoms with Gasteiger partial charge in [-0.25, -0.2) is 4.98 Å². The monoisotopic (exact) mass is 205 g/mol. The maximum absolute atomic E-state index is 5.91. The predicted molar refractivity (Wildman–Crippen MR) is 62.4 cm³/mol. The number of rotatable bonds is 1. The molecule has 1 aromatic rings. The lowest BCUT2D eigenvalue weighted by molar-refractivity contribution is 0.393. The molecule has 0 radical (unpaired) electrons. The van der Waals surface area contributed by atoms with Crippen LogP contribution in [-0.4, -0.2) is 15.6 Å². The maximum Gasteiger partial charge on any atom is 0.0955 e. The fraction of sp³-hybridized carbons (Fsp3) is 0.583. The molecule has 0 aromatic carbocycles. The van der Waals surface area contributed by atoms with Crippen LogP contribution < -0.4 is 5.73 Å². The molecule has 1 aliphatic rings. The molecule has 15 heavy (non-hydrogen) atoms. The Balaban J connectivity index is 2.34. The van der Waals surface area contributed by atoms with Gasteiger partial charge in [0, 0.05) is 11.6 Å². The van der Waals surface area contributed by atoms with Gasteiger partial charge in [0.1, 0.15) is 0 Å². The fourth-order valence-electron chi connectivity index (χ4n) is 2.02. The van der Waals surface area contributed by atoms with Gasteiger partial charge >= 0.3 is 0 Å². The van der Waals surface area contributed by atoms with Gasteiger partial charge in [0.15, 0.2) is 0 Å². The summed E-state index contributed by atoms with van der Waals surface area (Å²) in [6, 6.07) is 0.295. The number of hydrogen-bond donors (Lipinski definition) is 1. The summed E-state index contributed by atoms with van der Waals surface area (Å²) in [5.74, 6) is 0. The van der Waals surface area contributed by atoms with E-state index in [9.17, 15) is 0 Å². The van der Waals surface area contributed by atoms with Crippen LogP contribution in [0.4, 0.5) is 0 Å². The topological polar surface area (TPSA) is 43.8 Å². The van der Waals surface area contributed by atoms with Gasteiger partial charge in [-0.05, 0) is 39.2 Å². The molecule has 1 heterocycles. The Hall–Kier alpha value is -1.09. The quantitative estimate of drug-likeness (QED) is 0.763. The van der Waals surface area contributed by atoms with Crippen molar-refractivity contribution in [2.75, 3.05) is 0 Å². The van der Waals surface area contributed by atoms with Crippen molar-refractivity contribution in [1.29, 1.82) is 0 Å². The molecule has 1 aromatic heterocycles. The molecule has 1 unspecified atom stereocenters. The highest BCUT2D eigenvalue weighted by molar-refractivity contribution is 5.65. The number of aromatic nitrogens is 2. The van der Waals surface area contributed by atoms with E-state index in [1.165, 1.54) is 11.3 Å². The molecule has 82 valence electrons. The van der Waals surface area contributed by atoms with Crippen molar-refractivity contribution in [3.05, 3.63) is 24.3 Å². The third kappa shape index (κ3) is 1.97. The van der Waals surface area contributed by atoms with E-state index in [4.69, 9.17) is 5.73 Å². The second-order valence-corrected chi connectivity index (χ2v) is 5.25. The Morgan fingerprint density at radius 1 is 1.47 bits per heavy atom. The van der Waals surface area contributed by atoms with Gasteiger partial charge in [-0.3, -0.25) is 0 Å². The van der Waals surface area contributed by atoms with Crippen LogP contribution in [0.15, 0.2) is 18.6 Å². The number of nitrogens with zero attached hydrogens (tertiary/aromatic N) is 2. The van der Waals surface area contributed by atoms with Crippen LogP contribution in [-0.2, 0) is 5.54 Å². The first-order valence-electron chi connectivity index (χ1n) is 5.46. The predicted octanol–water partition coefficient (Wildman–Crippen LogP) is 2.14. The third-order valence-electron chi connectivity index (χ3n) is 2.84. The molecule has 0 bridgehead atoms. The van der Waals surface area contributed by atoms with Crippen molar-refractivity contribution in [3.8, 4) is 0 Å². The van der Waals surface area contributed by atoms with Crippen LogP contribution in [0, 0.1) is 0 Å². The molecular formula is C12H19N3. The molecule has 0 saturated carbocycles. The Kier molecular flexibility index (Phi) is 2.43. The standard InChI is InChI=1S/C12H19N3/c1-12(2,3)15-8-14-7-11(15)9-4-5-10(13)6-9/h4,7-8,10H,5-6,13H2,1-3H3. The highest BCUT2D eigenvalue weighted by Gasteiger charge is 2.22. The van der Waals surface area contributed by atoms with Crippen molar-refractivity contribution >= 4 is 5.57 Å². The number of nitrogens with two attached hydrogens (primary N) is 1. The first-order chi connectivity index (χ1) is 6.98. The molecule has 2 rings (SSSR count). The Labute approximate surface area is 91.0 Å². The van der Waals surface area contributed by atoms with Crippen molar-refractivity contribution in [1.82, 2.24) is 9.55 Å². The van der Waals surface area contributed by atoms with Crippen LogP contribution >= 0.6 is 0 Å². The summed E-state index contributed by atoms with van der Waals surface area (Å²) in [4.78, 5) is 4.24. The van der Waals surface area contributed by atoms with Gasteiger partial charge in [0.05, 0.1) is 18.2 Å². The second-order valence-electron chi connectivity index (χ2n) is 5.25. The van der Waals surface area contributed by atoms with Gasteiger partial charge in [0.2, 0.25) is 0 Å². The minimum atomic E-state index is 0.0827. The summed E-state index contributed by atoms with van der Waals surface area (Å²) < 4.78 is 2.22. The zero-order chi connectivity index (χ0) is 11.1. The van der Waals surface area contributed by atoms with E-state index in [2.05, 4.69) is 36.4 Å². The maximum atomic E-state index is 5.91. The van der Waals surface area contributed by atoms with E-state index in [1.807, 2.05) is 12.5 Å². The molecule has 3 nitrogen and oxygen atoms in total. The van der Waals surface area contributed by atoms with Gasteiger partial charge in [-0.15, -0.1) is 0 Å². The first kappa shape index (κ1) is 10.4. The molecule has 0 aliphatic heterocycles. The average Bonchev–Trinajstić information content (AvgIpc) is 2.68. The minimum Gasteiger partial charge on any atom is -0.327 e. The van der Waals surface area contributed by atoms with Gasteiger partial charge in [-0.1, -0.05) is 6.08 Å². The van der Waals surface area contributed by atoms with Gasteiger partial charge in [-0.2, -0.15) is 0 Å².